The Morgan fingerprint density at radius 3 is 2.56 bits per heavy atom. The zero-order valence-electron chi connectivity index (χ0n) is 14.6. The Balaban J connectivity index is 1.48. The van der Waals surface area contributed by atoms with Crippen molar-refractivity contribution in [2.45, 2.75) is 11.1 Å². The molecular formula is C18H18ClN3O3S2. The molecule has 1 fully saturated rings. The fourth-order valence-electron chi connectivity index (χ4n) is 3.06. The SMILES string of the molecule is Cc1cc(-c2ccc(S(=O)(=O)N3CCN(c4cccc(Cl)c4)CC3)s2)on1. The summed E-state index contributed by atoms with van der Waals surface area (Å²) in [6, 6.07) is 12.8. The Morgan fingerprint density at radius 2 is 1.89 bits per heavy atom. The van der Waals surface area contributed by atoms with E-state index < -0.39 is 10.0 Å². The smallest absolute Gasteiger partial charge is 0.252 e. The number of aryl methyl sites for hydroxylation is 1. The molecule has 0 saturated carbocycles. The van der Waals surface area contributed by atoms with Crippen LogP contribution >= 0.6 is 22.9 Å². The molecule has 27 heavy (non-hydrogen) atoms. The standard InChI is InChI=1S/C18H18ClN3O3S2/c1-13-11-16(25-20-13)17-5-6-18(26-17)27(23,24)22-9-7-21(8-10-22)15-4-2-3-14(19)12-15/h2-6,11-12H,7-10H2,1H3. The quantitative estimate of drug-likeness (QED) is 0.637. The highest BCUT2D eigenvalue weighted by molar-refractivity contribution is 7.91. The van der Waals surface area contributed by atoms with Crippen molar-refractivity contribution in [3.63, 3.8) is 0 Å². The highest BCUT2D eigenvalue weighted by Gasteiger charge is 2.30. The number of halogens is 1. The molecule has 0 N–H and O–H groups in total. The van der Waals surface area contributed by atoms with Crippen LogP contribution in [0, 0.1) is 6.92 Å². The van der Waals surface area contributed by atoms with Crippen molar-refractivity contribution in [2.24, 2.45) is 0 Å². The number of piperazine rings is 1. The number of rotatable bonds is 4. The lowest BCUT2D eigenvalue weighted by molar-refractivity contribution is 0.386. The molecule has 142 valence electrons. The summed E-state index contributed by atoms with van der Waals surface area (Å²) < 4.78 is 33.1. The van der Waals surface area contributed by atoms with Crippen LogP contribution in [0.1, 0.15) is 5.69 Å². The van der Waals surface area contributed by atoms with E-state index in [4.69, 9.17) is 16.1 Å². The average Bonchev–Trinajstić information content (AvgIpc) is 3.31. The fourth-order valence-corrected chi connectivity index (χ4v) is 6.07. The van der Waals surface area contributed by atoms with Gasteiger partial charge in [0.25, 0.3) is 10.0 Å². The van der Waals surface area contributed by atoms with Crippen LogP contribution in [-0.4, -0.2) is 44.1 Å². The molecule has 0 atom stereocenters. The molecule has 4 rings (SSSR count). The van der Waals surface area contributed by atoms with Crippen molar-refractivity contribution >= 4 is 38.6 Å². The summed E-state index contributed by atoms with van der Waals surface area (Å²) in [5.74, 6) is 0.588. The molecule has 1 saturated heterocycles. The van der Waals surface area contributed by atoms with Gasteiger partial charge in [0.15, 0.2) is 5.76 Å². The number of benzene rings is 1. The summed E-state index contributed by atoms with van der Waals surface area (Å²) in [6.07, 6.45) is 0. The maximum atomic E-state index is 13.0. The van der Waals surface area contributed by atoms with Crippen molar-refractivity contribution in [1.82, 2.24) is 9.46 Å². The third-order valence-electron chi connectivity index (χ3n) is 4.46. The molecule has 0 bridgehead atoms. The van der Waals surface area contributed by atoms with Crippen LogP contribution in [0.5, 0.6) is 0 Å². The summed E-state index contributed by atoms with van der Waals surface area (Å²) in [6.45, 7) is 3.95. The van der Waals surface area contributed by atoms with Crippen LogP contribution in [0.3, 0.4) is 0 Å². The van der Waals surface area contributed by atoms with Crippen molar-refractivity contribution < 1.29 is 12.9 Å². The zero-order chi connectivity index (χ0) is 19.0. The molecule has 0 aliphatic carbocycles. The highest BCUT2D eigenvalue weighted by atomic mass is 35.5. The number of nitrogens with zero attached hydrogens (tertiary/aromatic N) is 3. The van der Waals surface area contributed by atoms with Crippen molar-refractivity contribution in [3.05, 3.63) is 53.2 Å². The summed E-state index contributed by atoms with van der Waals surface area (Å²) >= 11 is 7.26. The molecular weight excluding hydrogens is 406 g/mol. The summed E-state index contributed by atoms with van der Waals surface area (Å²) in [5, 5.41) is 4.53. The van der Waals surface area contributed by atoms with Crippen molar-refractivity contribution in [2.75, 3.05) is 31.1 Å². The van der Waals surface area contributed by atoms with Gasteiger partial charge < -0.3 is 9.42 Å². The van der Waals surface area contributed by atoms with Gasteiger partial charge in [-0.2, -0.15) is 4.31 Å². The Hall–Kier alpha value is -1.87. The van der Waals surface area contributed by atoms with E-state index in [1.165, 1.54) is 15.6 Å². The number of anilines is 1. The zero-order valence-corrected chi connectivity index (χ0v) is 17.0. The number of thiophene rings is 1. The van der Waals surface area contributed by atoms with Crippen LogP contribution in [0.2, 0.25) is 5.02 Å². The third-order valence-corrected chi connectivity index (χ3v) is 8.16. The second-order valence-corrected chi connectivity index (χ2v) is 10.0. The topological polar surface area (TPSA) is 66.7 Å². The first-order chi connectivity index (χ1) is 12.9. The lowest BCUT2D eigenvalue weighted by Gasteiger charge is -2.35. The van der Waals surface area contributed by atoms with E-state index in [1.807, 2.05) is 31.2 Å². The molecule has 1 aromatic carbocycles. The Morgan fingerprint density at radius 1 is 1.11 bits per heavy atom. The molecule has 1 aliphatic rings. The lowest BCUT2D eigenvalue weighted by Crippen LogP contribution is -2.48. The average molecular weight is 424 g/mol. The minimum atomic E-state index is -3.52. The molecule has 2 aromatic heterocycles. The molecule has 3 aromatic rings. The van der Waals surface area contributed by atoms with Gasteiger partial charge in [0.1, 0.15) is 4.21 Å². The summed E-state index contributed by atoms with van der Waals surface area (Å²) in [7, 11) is -3.52. The van der Waals surface area contributed by atoms with Gasteiger partial charge in [0, 0.05) is 43.0 Å². The van der Waals surface area contributed by atoms with Gasteiger partial charge in [0.2, 0.25) is 0 Å². The van der Waals surface area contributed by atoms with Gasteiger partial charge in [-0.05, 0) is 37.3 Å². The van der Waals surface area contributed by atoms with Gasteiger partial charge in [-0.3, -0.25) is 0 Å². The molecule has 9 heteroatoms. The van der Waals surface area contributed by atoms with Crippen LogP contribution in [0.4, 0.5) is 5.69 Å². The predicted molar refractivity (Wildman–Crippen MR) is 107 cm³/mol. The Labute approximate surface area is 167 Å². The molecule has 6 nitrogen and oxygen atoms in total. The van der Waals surface area contributed by atoms with E-state index in [0.29, 0.717) is 41.2 Å². The second-order valence-electron chi connectivity index (χ2n) is 6.32. The number of aromatic nitrogens is 1. The highest BCUT2D eigenvalue weighted by Crippen LogP contribution is 2.33. The van der Waals surface area contributed by atoms with Crippen molar-refractivity contribution in [1.29, 1.82) is 0 Å². The number of hydrogen-bond acceptors (Lipinski definition) is 6. The minimum Gasteiger partial charge on any atom is -0.369 e. The van der Waals surface area contributed by atoms with E-state index in [-0.39, 0.29) is 0 Å². The van der Waals surface area contributed by atoms with Crippen LogP contribution in [-0.2, 0) is 10.0 Å². The van der Waals surface area contributed by atoms with Gasteiger partial charge in [-0.25, -0.2) is 8.42 Å². The molecule has 0 spiro atoms. The van der Waals surface area contributed by atoms with Gasteiger partial charge in [-0.15, -0.1) is 11.3 Å². The summed E-state index contributed by atoms with van der Waals surface area (Å²) in [5.41, 5.74) is 1.78. The lowest BCUT2D eigenvalue weighted by atomic mass is 10.2. The number of hydrogen-bond donors (Lipinski definition) is 0. The van der Waals surface area contributed by atoms with E-state index in [9.17, 15) is 8.42 Å². The van der Waals surface area contributed by atoms with Crippen LogP contribution < -0.4 is 4.90 Å². The molecule has 0 radical (unpaired) electrons. The van der Waals surface area contributed by atoms with Crippen LogP contribution in [0.25, 0.3) is 10.6 Å². The monoisotopic (exact) mass is 423 g/mol. The molecule has 0 amide bonds. The van der Waals surface area contributed by atoms with E-state index in [1.54, 1.807) is 18.2 Å². The second kappa shape index (κ2) is 7.27. The normalized spacial score (nSPS) is 16.0. The maximum Gasteiger partial charge on any atom is 0.252 e. The fraction of sp³-hybridized carbons (Fsp3) is 0.278. The maximum absolute atomic E-state index is 13.0. The Bertz CT molecular complexity index is 1050. The first-order valence-corrected chi connectivity index (χ1v) is 11.1. The van der Waals surface area contributed by atoms with Crippen molar-refractivity contribution in [3.8, 4) is 10.6 Å². The molecule has 3 heterocycles. The summed E-state index contributed by atoms with van der Waals surface area (Å²) in [4.78, 5) is 2.90. The van der Waals surface area contributed by atoms with E-state index >= 15 is 0 Å². The predicted octanol–water partition coefficient (Wildman–Crippen LogP) is 3.88. The third kappa shape index (κ3) is 3.75. The van der Waals surface area contributed by atoms with Crippen LogP contribution in [0.15, 0.2) is 51.2 Å². The molecule has 1 aliphatic heterocycles. The van der Waals surface area contributed by atoms with Gasteiger partial charge >= 0.3 is 0 Å². The Kier molecular flexibility index (Phi) is 4.98. The molecule has 0 unspecified atom stereocenters. The first-order valence-electron chi connectivity index (χ1n) is 8.48. The van der Waals surface area contributed by atoms with E-state index in [0.717, 1.165) is 16.3 Å². The first kappa shape index (κ1) is 18.5. The number of sulfonamides is 1. The minimum absolute atomic E-state index is 0.322. The van der Waals surface area contributed by atoms with E-state index in [2.05, 4.69) is 10.1 Å². The largest absolute Gasteiger partial charge is 0.369 e. The van der Waals surface area contributed by atoms with Gasteiger partial charge in [0.05, 0.1) is 10.6 Å². The van der Waals surface area contributed by atoms with Gasteiger partial charge in [-0.1, -0.05) is 22.8 Å².